The lowest BCUT2D eigenvalue weighted by atomic mass is 10.3. The third-order valence-corrected chi connectivity index (χ3v) is 3.10. The molecule has 0 fully saturated rings. The molecule has 100 valence electrons. The molecule has 0 aliphatic heterocycles. The first-order valence-electron chi connectivity index (χ1n) is 5.80. The van der Waals surface area contributed by atoms with Crippen LogP contribution in [0, 0.1) is 12.7 Å². The highest BCUT2D eigenvalue weighted by Gasteiger charge is 2.10. The molecule has 1 N–H and O–H groups in total. The van der Waals surface area contributed by atoms with Gasteiger partial charge in [-0.2, -0.15) is 0 Å². The summed E-state index contributed by atoms with van der Waals surface area (Å²) in [5, 5.41) is 3.12. The average molecular weight is 326 g/mol. The van der Waals surface area contributed by atoms with Crippen LogP contribution in [0.1, 0.15) is 12.5 Å². The Morgan fingerprint density at radius 3 is 2.84 bits per heavy atom. The minimum Gasteiger partial charge on any atom is -0.437 e. The maximum absolute atomic E-state index is 13.0. The number of nitrogens with one attached hydrogen (secondary N) is 1. The van der Waals surface area contributed by atoms with E-state index in [0.29, 0.717) is 16.1 Å². The van der Waals surface area contributed by atoms with E-state index in [2.05, 4.69) is 31.2 Å². The molecular formula is C13H13BrFN3O. The Balaban J connectivity index is 2.30. The SMILES string of the molecule is CCNc1ncnc(Oc2ccc(F)cc2Br)c1C. The minimum atomic E-state index is -0.327. The maximum atomic E-state index is 13.0. The number of halogens is 2. The van der Waals surface area contributed by atoms with E-state index in [-0.39, 0.29) is 5.82 Å². The van der Waals surface area contributed by atoms with Crippen molar-refractivity contribution < 1.29 is 9.13 Å². The van der Waals surface area contributed by atoms with E-state index in [0.717, 1.165) is 17.9 Å². The van der Waals surface area contributed by atoms with Crippen molar-refractivity contribution in [3.63, 3.8) is 0 Å². The van der Waals surface area contributed by atoms with Gasteiger partial charge >= 0.3 is 0 Å². The number of anilines is 1. The van der Waals surface area contributed by atoms with E-state index in [1.165, 1.54) is 18.5 Å². The summed E-state index contributed by atoms with van der Waals surface area (Å²) in [6, 6.07) is 4.23. The number of ether oxygens (including phenoxy) is 1. The third kappa shape index (κ3) is 3.20. The van der Waals surface area contributed by atoms with Crippen LogP contribution < -0.4 is 10.1 Å². The monoisotopic (exact) mass is 325 g/mol. The number of aromatic nitrogens is 2. The Hall–Kier alpha value is -1.69. The van der Waals surface area contributed by atoms with E-state index >= 15 is 0 Å². The van der Waals surface area contributed by atoms with Gasteiger partial charge < -0.3 is 10.1 Å². The molecule has 2 rings (SSSR count). The fourth-order valence-electron chi connectivity index (χ4n) is 1.54. The van der Waals surface area contributed by atoms with Crippen LogP contribution in [0.15, 0.2) is 29.0 Å². The van der Waals surface area contributed by atoms with Crippen LogP contribution in [-0.4, -0.2) is 16.5 Å². The molecule has 0 atom stereocenters. The second-order valence-corrected chi connectivity index (χ2v) is 4.71. The molecule has 1 aromatic heterocycles. The van der Waals surface area contributed by atoms with E-state index in [9.17, 15) is 4.39 Å². The Morgan fingerprint density at radius 2 is 2.16 bits per heavy atom. The quantitative estimate of drug-likeness (QED) is 0.925. The first kappa shape index (κ1) is 13.7. The van der Waals surface area contributed by atoms with E-state index in [1.54, 1.807) is 6.07 Å². The topological polar surface area (TPSA) is 47.0 Å². The fourth-order valence-corrected chi connectivity index (χ4v) is 1.98. The molecule has 0 spiro atoms. The molecule has 0 saturated heterocycles. The van der Waals surface area contributed by atoms with Gasteiger partial charge in [0.15, 0.2) is 0 Å². The van der Waals surface area contributed by atoms with Crippen LogP contribution in [0.25, 0.3) is 0 Å². The van der Waals surface area contributed by atoms with Crippen molar-refractivity contribution >= 4 is 21.7 Å². The van der Waals surface area contributed by atoms with Gasteiger partial charge in [-0.1, -0.05) is 0 Å². The Kier molecular flexibility index (Phi) is 4.31. The van der Waals surface area contributed by atoms with Gasteiger partial charge in [-0.25, -0.2) is 14.4 Å². The second kappa shape index (κ2) is 5.97. The molecule has 1 heterocycles. The van der Waals surface area contributed by atoms with Gasteiger partial charge in [0.25, 0.3) is 0 Å². The first-order valence-corrected chi connectivity index (χ1v) is 6.59. The van der Waals surface area contributed by atoms with E-state index in [4.69, 9.17) is 4.74 Å². The van der Waals surface area contributed by atoms with Gasteiger partial charge in [-0.15, -0.1) is 0 Å². The molecule has 2 aromatic rings. The van der Waals surface area contributed by atoms with Crippen molar-refractivity contribution in [3.8, 4) is 11.6 Å². The van der Waals surface area contributed by atoms with Gasteiger partial charge in [-0.3, -0.25) is 0 Å². The van der Waals surface area contributed by atoms with Crippen molar-refractivity contribution in [1.82, 2.24) is 9.97 Å². The number of hydrogen-bond donors (Lipinski definition) is 1. The molecule has 0 aliphatic rings. The van der Waals surface area contributed by atoms with Gasteiger partial charge in [-0.05, 0) is 48.0 Å². The number of nitrogens with zero attached hydrogens (tertiary/aromatic N) is 2. The molecule has 6 heteroatoms. The Bertz CT molecular complexity index is 592. The summed E-state index contributed by atoms with van der Waals surface area (Å²) in [7, 11) is 0. The second-order valence-electron chi connectivity index (χ2n) is 3.86. The highest BCUT2D eigenvalue weighted by Crippen LogP contribution is 2.31. The molecule has 0 bridgehead atoms. The summed E-state index contributed by atoms with van der Waals surface area (Å²) >= 11 is 3.25. The standard InChI is InChI=1S/C13H13BrFN3O/c1-3-16-12-8(2)13(18-7-17-12)19-11-5-4-9(15)6-10(11)14/h4-7H,3H2,1-2H3,(H,16,17,18). The molecule has 0 amide bonds. The summed E-state index contributed by atoms with van der Waals surface area (Å²) < 4.78 is 19.2. The average Bonchev–Trinajstić information content (AvgIpc) is 2.37. The molecule has 1 aromatic carbocycles. The predicted octanol–water partition coefficient (Wildman–Crippen LogP) is 3.91. The van der Waals surface area contributed by atoms with Crippen LogP contribution in [-0.2, 0) is 0 Å². The van der Waals surface area contributed by atoms with Crippen molar-refractivity contribution in [2.24, 2.45) is 0 Å². The van der Waals surface area contributed by atoms with Crippen molar-refractivity contribution in [3.05, 3.63) is 40.4 Å². The molecule has 0 radical (unpaired) electrons. The molecule has 19 heavy (non-hydrogen) atoms. The lowest BCUT2D eigenvalue weighted by molar-refractivity contribution is 0.453. The minimum absolute atomic E-state index is 0.327. The third-order valence-electron chi connectivity index (χ3n) is 2.48. The lowest BCUT2D eigenvalue weighted by Gasteiger charge is -2.11. The number of rotatable bonds is 4. The smallest absolute Gasteiger partial charge is 0.227 e. The van der Waals surface area contributed by atoms with Gasteiger partial charge in [0, 0.05) is 6.54 Å². The molecule has 4 nitrogen and oxygen atoms in total. The van der Waals surface area contributed by atoms with Gasteiger partial charge in [0.05, 0.1) is 10.0 Å². The van der Waals surface area contributed by atoms with Crippen LogP contribution in [0.3, 0.4) is 0 Å². The van der Waals surface area contributed by atoms with Crippen molar-refractivity contribution in [1.29, 1.82) is 0 Å². The van der Waals surface area contributed by atoms with Crippen LogP contribution in [0.4, 0.5) is 10.2 Å². The van der Waals surface area contributed by atoms with Crippen molar-refractivity contribution in [2.75, 3.05) is 11.9 Å². The summed E-state index contributed by atoms with van der Waals surface area (Å²) in [6.07, 6.45) is 1.43. The molecular weight excluding hydrogens is 313 g/mol. The zero-order valence-corrected chi connectivity index (χ0v) is 12.2. The van der Waals surface area contributed by atoms with Crippen LogP contribution in [0.2, 0.25) is 0 Å². The predicted molar refractivity (Wildman–Crippen MR) is 75.1 cm³/mol. The normalized spacial score (nSPS) is 10.3. The van der Waals surface area contributed by atoms with Gasteiger partial charge in [0.2, 0.25) is 5.88 Å². The zero-order valence-electron chi connectivity index (χ0n) is 10.6. The Labute approximate surface area is 119 Å². The van der Waals surface area contributed by atoms with E-state index < -0.39 is 0 Å². The summed E-state index contributed by atoms with van der Waals surface area (Å²) in [5.74, 6) is 1.35. The lowest BCUT2D eigenvalue weighted by Crippen LogP contribution is -2.04. The van der Waals surface area contributed by atoms with Crippen LogP contribution >= 0.6 is 15.9 Å². The van der Waals surface area contributed by atoms with Crippen molar-refractivity contribution in [2.45, 2.75) is 13.8 Å². The highest BCUT2D eigenvalue weighted by atomic mass is 79.9. The largest absolute Gasteiger partial charge is 0.437 e. The zero-order chi connectivity index (χ0) is 13.8. The summed E-state index contributed by atoms with van der Waals surface area (Å²) in [5.41, 5.74) is 0.806. The van der Waals surface area contributed by atoms with E-state index in [1.807, 2.05) is 13.8 Å². The highest BCUT2D eigenvalue weighted by molar-refractivity contribution is 9.10. The number of benzene rings is 1. The molecule has 0 saturated carbocycles. The summed E-state index contributed by atoms with van der Waals surface area (Å²) in [4.78, 5) is 8.22. The first-order chi connectivity index (χ1) is 9.11. The summed E-state index contributed by atoms with van der Waals surface area (Å²) in [6.45, 7) is 4.61. The van der Waals surface area contributed by atoms with Gasteiger partial charge in [0.1, 0.15) is 23.7 Å². The number of hydrogen-bond acceptors (Lipinski definition) is 4. The molecule has 0 aliphatic carbocycles. The Morgan fingerprint density at radius 1 is 1.37 bits per heavy atom. The van der Waals surface area contributed by atoms with Crippen LogP contribution in [0.5, 0.6) is 11.6 Å². The molecule has 0 unspecified atom stereocenters. The fraction of sp³-hybridized carbons (Fsp3) is 0.231. The maximum Gasteiger partial charge on any atom is 0.227 e.